The van der Waals surface area contributed by atoms with Crippen LogP contribution in [0.2, 0.25) is 0 Å². The van der Waals surface area contributed by atoms with Crippen LogP contribution < -0.4 is 5.32 Å². The zero-order valence-electron chi connectivity index (χ0n) is 12.6. The molecule has 0 fully saturated rings. The van der Waals surface area contributed by atoms with Gasteiger partial charge in [-0.3, -0.25) is 9.59 Å². The molecule has 20 heavy (non-hydrogen) atoms. The van der Waals surface area contributed by atoms with E-state index in [1.807, 2.05) is 13.8 Å². The van der Waals surface area contributed by atoms with Crippen LogP contribution in [0.3, 0.4) is 0 Å². The summed E-state index contributed by atoms with van der Waals surface area (Å²) in [6.45, 7) is 7.08. The summed E-state index contributed by atoms with van der Waals surface area (Å²) in [5.74, 6) is -1.49. The average molecular weight is 286 g/mol. The molecule has 0 aliphatic heterocycles. The highest BCUT2D eigenvalue weighted by Crippen LogP contribution is 2.02. The molecule has 2 N–H and O–H groups in total. The van der Waals surface area contributed by atoms with E-state index in [9.17, 15) is 14.4 Å². The second-order valence-electron chi connectivity index (χ2n) is 4.75. The highest BCUT2D eigenvalue weighted by atomic mass is 16.4. The molecular weight excluding hydrogens is 260 g/mol. The fourth-order valence-electron chi connectivity index (χ4n) is 1.88. The van der Waals surface area contributed by atoms with E-state index in [-0.39, 0.29) is 24.7 Å². The number of rotatable bonds is 10. The molecule has 0 spiro atoms. The van der Waals surface area contributed by atoms with Crippen molar-refractivity contribution in [1.82, 2.24) is 10.2 Å². The maximum atomic E-state index is 11.9. The third-order valence-corrected chi connectivity index (χ3v) is 2.95. The van der Waals surface area contributed by atoms with Gasteiger partial charge in [0.2, 0.25) is 11.8 Å². The number of carbonyl (C=O) groups excluding carboxylic acids is 2. The fraction of sp³-hybridized carbons (Fsp3) is 0.786. The minimum atomic E-state index is -1.05. The molecular formula is C14H26N2O4. The molecule has 1 unspecified atom stereocenters. The smallest absolute Gasteiger partial charge is 0.326 e. The van der Waals surface area contributed by atoms with Crippen LogP contribution in [0.15, 0.2) is 0 Å². The minimum Gasteiger partial charge on any atom is -0.480 e. The lowest BCUT2D eigenvalue weighted by atomic mass is 10.2. The van der Waals surface area contributed by atoms with E-state index in [2.05, 4.69) is 5.32 Å². The number of nitrogens with zero attached hydrogens (tertiary/aromatic N) is 1. The monoisotopic (exact) mass is 286 g/mol. The average Bonchev–Trinajstić information content (AvgIpc) is 2.41. The Kier molecular flexibility index (Phi) is 9.41. The summed E-state index contributed by atoms with van der Waals surface area (Å²) in [5.41, 5.74) is 0. The van der Waals surface area contributed by atoms with E-state index in [4.69, 9.17) is 5.11 Å². The van der Waals surface area contributed by atoms with Crippen LogP contribution >= 0.6 is 0 Å². The predicted octanol–water partition coefficient (Wildman–Crippen LogP) is 1.39. The third kappa shape index (κ3) is 7.11. The van der Waals surface area contributed by atoms with Crippen LogP contribution in [0.4, 0.5) is 0 Å². The number of carbonyl (C=O) groups is 3. The second kappa shape index (κ2) is 10.2. The number of hydrogen-bond donors (Lipinski definition) is 2. The summed E-state index contributed by atoms with van der Waals surface area (Å²) in [7, 11) is 0. The number of nitrogens with one attached hydrogen (secondary N) is 1. The standard InChI is InChI=1S/C14H26N2O4/c1-4-9-16(10-5-2)13(18)8-7-12(17)15-11(6-3)14(19)20/h11H,4-10H2,1-3H3,(H,15,17)(H,19,20). The minimum absolute atomic E-state index is 0.0343. The van der Waals surface area contributed by atoms with Crippen molar-refractivity contribution in [2.24, 2.45) is 0 Å². The molecule has 0 saturated carbocycles. The van der Waals surface area contributed by atoms with Gasteiger partial charge < -0.3 is 15.3 Å². The van der Waals surface area contributed by atoms with E-state index >= 15 is 0 Å². The maximum absolute atomic E-state index is 11.9. The molecule has 0 saturated heterocycles. The number of amides is 2. The first-order valence-electron chi connectivity index (χ1n) is 7.26. The highest BCUT2D eigenvalue weighted by Gasteiger charge is 2.19. The lowest BCUT2D eigenvalue weighted by Crippen LogP contribution is -2.41. The molecule has 0 radical (unpaired) electrons. The van der Waals surface area contributed by atoms with Gasteiger partial charge >= 0.3 is 5.97 Å². The van der Waals surface area contributed by atoms with Crippen molar-refractivity contribution >= 4 is 17.8 Å². The normalized spacial score (nSPS) is 11.8. The summed E-state index contributed by atoms with van der Waals surface area (Å²) in [4.78, 5) is 36.1. The number of aliphatic carboxylic acids is 1. The van der Waals surface area contributed by atoms with Gasteiger partial charge in [-0.2, -0.15) is 0 Å². The van der Waals surface area contributed by atoms with Gasteiger partial charge in [-0.1, -0.05) is 20.8 Å². The van der Waals surface area contributed by atoms with Crippen molar-refractivity contribution in [1.29, 1.82) is 0 Å². The number of carboxylic acids is 1. The zero-order chi connectivity index (χ0) is 15.5. The van der Waals surface area contributed by atoms with Crippen molar-refractivity contribution in [3.05, 3.63) is 0 Å². The third-order valence-electron chi connectivity index (χ3n) is 2.95. The van der Waals surface area contributed by atoms with Crippen LogP contribution in [0.25, 0.3) is 0 Å². The topological polar surface area (TPSA) is 86.7 Å². The van der Waals surface area contributed by atoms with Crippen molar-refractivity contribution in [3.63, 3.8) is 0 Å². The molecule has 0 aromatic rings. The summed E-state index contributed by atoms with van der Waals surface area (Å²) in [6.07, 6.45) is 2.25. The van der Waals surface area contributed by atoms with Gasteiger partial charge in [0.05, 0.1) is 0 Å². The molecule has 2 amide bonds. The molecule has 0 heterocycles. The van der Waals surface area contributed by atoms with Gasteiger partial charge in [-0.25, -0.2) is 4.79 Å². The molecule has 0 aromatic carbocycles. The van der Waals surface area contributed by atoms with Crippen LogP contribution in [0, 0.1) is 0 Å². The summed E-state index contributed by atoms with van der Waals surface area (Å²) in [5, 5.41) is 11.3. The largest absolute Gasteiger partial charge is 0.480 e. The number of carboxylic acid groups (broad SMARTS) is 1. The van der Waals surface area contributed by atoms with Gasteiger partial charge in [0.1, 0.15) is 6.04 Å². The molecule has 116 valence electrons. The van der Waals surface area contributed by atoms with Crippen molar-refractivity contribution in [2.45, 2.75) is 58.9 Å². The van der Waals surface area contributed by atoms with Crippen LogP contribution in [-0.4, -0.2) is 46.9 Å². The SMILES string of the molecule is CCCN(CCC)C(=O)CCC(=O)NC(CC)C(=O)O. The Morgan fingerprint density at radius 1 is 1.05 bits per heavy atom. The molecule has 0 aliphatic rings. The first-order chi connectivity index (χ1) is 9.46. The first-order valence-corrected chi connectivity index (χ1v) is 7.26. The Morgan fingerprint density at radius 2 is 1.60 bits per heavy atom. The molecule has 0 bridgehead atoms. The van der Waals surface area contributed by atoms with Gasteiger partial charge in [0, 0.05) is 25.9 Å². The Balaban J connectivity index is 4.21. The zero-order valence-corrected chi connectivity index (χ0v) is 12.6. The maximum Gasteiger partial charge on any atom is 0.326 e. The van der Waals surface area contributed by atoms with E-state index in [1.165, 1.54) is 0 Å². The van der Waals surface area contributed by atoms with Crippen LogP contribution in [0.1, 0.15) is 52.9 Å². The Morgan fingerprint density at radius 3 is 2.00 bits per heavy atom. The Labute approximate surface area is 120 Å². The second-order valence-corrected chi connectivity index (χ2v) is 4.75. The van der Waals surface area contributed by atoms with Gasteiger partial charge in [0.15, 0.2) is 0 Å². The van der Waals surface area contributed by atoms with Crippen molar-refractivity contribution in [3.8, 4) is 0 Å². The molecule has 6 heteroatoms. The van der Waals surface area contributed by atoms with Gasteiger partial charge in [-0.05, 0) is 19.3 Å². The van der Waals surface area contributed by atoms with E-state index < -0.39 is 12.0 Å². The molecule has 0 aromatic heterocycles. The number of hydrogen-bond acceptors (Lipinski definition) is 3. The quantitative estimate of drug-likeness (QED) is 0.635. The summed E-state index contributed by atoms with van der Waals surface area (Å²) >= 11 is 0. The molecule has 0 aliphatic carbocycles. The lowest BCUT2D eigenvalue weighted by molar-refractivity contribution is -0.142. The fourth-order valence-corrected chi connectivity index (χ4v) is 1.88. The molecule has 0 rings (SSSR count). The highest BCUT2D eigenvalue weighted by molar-refractivity contribution is 5.86. The lowest BCUT2D eigenvalue weighted by Gasteiger charge is -2.21. The molecule has 6 nitrogen and oxygen atoms in total. The molecule has 1 atom stereocenters. The van der Waals surface area contributed by atoms with E-state index in [0.29, 0.717) is 19.5 Å². The summed E-state index contributed by atoms with van der Waals surface area (Å²) in [6, 6.07) is -0.875. The first kappa shape index (κ1) is 18.4. The van der Waals surface area contributed by atoms with Gasteiger partial charge in [0.25, 0.3) is 0 Å². The Hall–Kier alpha value is -1.59. The Bertz CT molecular complexity index is 325. The predicted molar refractivity (Wildman–Crippen MR) is 76.3 cm³/mol. The summed E-state index contributed by atoms with van der Waals surface area (Å²) < 4.78 is 0. The van der Waals surface area contributed by atoms with Crippen molar-refractivity contribution in [2.75, 3.05) is 13.1 Å². The van der Waals surface area contributed by atoms with E-state index in [1.54, 1.807) is 11.8 Å². The van der Waals surface area contributed by atoms with Crippen LogP contribution in [-0.2, 0) is 14.4 Å². The van der Waals surface area contributed by atoms with E-state index in [0.717, 1.165) is 12.8 Å². The van der Waals surface area contributed by atoms with Gasteiger partial charge in [-0.15, -0.1) is 0 Å². The van der Waals surface area contributed by atoms with Crippen LogP contribution in [0.5, 0.6) is 0 Å². The van der Waals surface area contributed by atoms with Crippen molar-refractivity contribution < 1.29 is 19.5 Å².